The number of benzene rings is 3. The molecule has 62 heavy (non-hydrogen) atoms. The second kappa shape index (κ2) is 22.0. The SMILES string of the molecule is C=CCOc1ccc2c(c1)C1C(CCCCO)C(CCCCO)C=C3C(=NOCc4ccccc4)CC(N(Cc4ccc(F)cc4)C(=O)CCC4CCCC4)C(OCC=C)(O2)C31. The summed E-state index contributed by atoms with van der Waals surface area (Å²) in [5.74, 6) is -0.354. The number of aliphatic hydroxyl groups excluding tert-OH is 2. The summed E-state index contributed by atoms with van der Waals surface area (Å²) in [6.45, 7) is 9.14. The zero-order valence-electron chi connectivity index (χ0n) is 36.2. The highest BCUT2D eigenvalue weighted by Crippen LogP contribution is 2.62. The maximum Gasteiger partial charge on any atom is 0.239 e. The van der Waals surface area contributed by atoms with Gasteiger partial charge in [0.1, 0.15) is 36.6 Å². The average Bonchev–Trinajstić information content (AvgIpc) is 3.82. The molecule has 10 heteroatoms. The number of hydrogen-bond donors (Lipinski definition) is 2. The van der Waals surface area contributed by atoms with E-state index in [-0.39, 0.29) is 68.9 Å². The minimum atomic E-state index is -1.39. The van der Waals surface area contributed by atoms with Crippen LogP contribution in [0.2, 0.25) is 0 Å². The van der Waals surface area contributed by atoms with E-state index in [1.165, 1.54) is 25.0 Å². The van der Waals surface area contributed by atoms with Crippen LogP contribution in [0.3, 0.4) is 0 Å². The summed E-state index contributed by atoms with van der Waals surface area (Å²) in [5.41, 5.74) is 4.48. The van der Waals surface area contributed by atoms with Crippen molar-refractivity contribution in [3.05, 3.63) is 132 Å². The Kier molecular flexibility index (Phi) is 16.1. The van der Waals surface area contributed by atoms with Gasteiger partial charge >= 0.3 is 0 Å². The van der Waals surface area contributed by atoms with E-state index in [0.717, 1.165) is 72.9 Å². The molecule has 0 bridgehead atoms. The van der Waals surface area contributed by atoms with Crippen LogP contribution in [0.15, 0.2) is 115 Å². The number of rotatable bonds is 23. The van der Waals surface area contributed by atoms with Crippen LogP contribution in [0.1, 0.15) is 106 Å². The molecule has 0 spiro atoms. The Morgan fingerprint density at radius 3 is 2.37 bits per heavy atom. The van der Waals surface area contributed by atoms with Gasteiger partial charge in [0.05, 0.1) is 18.2 Å². The fraction of sp³-hybridized carbons (Fsp3) is 0.500. The number of nitrogens with zero attached hydrogens (tertiary/aromatic N) is 2. The number of allylic oxidation sites excluding steroid dienone is 1. The van der Waals surface area contributed by atoms with Crippen molar-refractivity contribution in [1.29, 1.82) is 0 Å². The van der Waals surface area contributed by atoms with Gasteiger partial charge in [-0.3, -0.25) is 4.79 Å². The number of ether oxygens (including phenoxy) is 3. The van der Waals surface area contributed by atoms with Crippen LogP contribution < -0.4 is 9.47 Å². The third-order valence-corrected chi connectivity index (χ3v) is 13.5. The number of halogens is 1. The van der Waals surface area contributed by atoms with Gasteiger partial charge in [-0.25, -0.2) is 4.39 Å². The Labute approximate surface area is 367 Å². The number of amides is 1. The molecule has 3 aromatic carbocycles. The number of carbonyl (C=O) groups is 1. The summed E-state index contributed by atoms with van der Waals surface area (Å²) in [4.78, 5) is 23.3. The van der Waals surface area contributed by atoms with Crippen molar-refractivity contribution in [2.75, 3.05) is 26.4 Å². The Hall–Kier alpha value is -4.77. The quantitative estimate of drug-likeness (QED) is 0.0556. The lowest BCUT2D eigenvalue weighted by Crippen LogP contribution is -2.70. The average molecular weight is 849 g/mol. The molecular formula is C52H65FN2O7. The van der Waals surface area contributed by atoms with Crippen LogP contribution in [-0.2, 0) is 27.5 Å². The van der Waals surface area contributed by atoms with Gasteiger partial charge in [-0.1, -0.05) is 111 Å². The van der Waals surface area contributed by atoms with E-state index in [1.807, 2.05) is 47.4 Å². The lowest BCUT2D eigenvalue weighted by molar-refractivity contribution is -0.258. The molecule has 9 nitrogen and oxygen atoms in total. The zero-order chi connectivity index (χ0) is 43.3. The van der Waals surface area contributed by atoms with Gasteiger partial charge in [-0.15, -0.1) is 6.58 Å². The third-order valence-electron chi connectivity index (χ3n) is 13.5. The van der Waals surface area contributed by atoms with E-state index < -0.39 is 17.7 Å². The van der Waals surface area contributed by atoms with E-state index in [9.17, 15) is 14.6 Å². The summed E-state index contributed by atoms with van der Waals surface area (Å²) >= 11 is 0. The smallest absolute Gasteiger partial charge is 0.239 e. The van der Waals surface area contributed by atoms with E-state index >= 15 is 4.79 Å². The molecule has 0 radical (unpaired) electrons. The van der Waals surface area contributed by atoms with Gasteiger partial charge in [0.15, 0.2) is 0 Å². The topological polar surface area (TPSA) is 110 Å². The van der Waals surface area contributed by atoms with Crippen molar-refractivity contribution in [2.24, 2.45) is 28.8 Å². The molecule has 1 aliphatic heterocycles. The molecule has 2 fully saturated rings. The van der Waals surface area contributed by atoms with Crippen molar-refractivity contribution in [1.82, 2.24) is 4.90 Å². The summed E-state index contributed by atoms with van der Waals surface area (Å²) in [7, 11) is 0. The highest BCUT2D eigenvalue weighted by molar-refractivity contribution is 6.03. The van der Waals surface area contributed by atoms with Gasteiger partial charge in [0, 0.05) is 44.1 Å². The van der Waals surface area contributed by atoms with E-state index in [2.05, 4.69) is 25.3 Å². The first kappa shape index (κ1) is 45.3. The monoisotopic (exact) mass is 848 g/mol. The molecule has 332 valence electrons. The van der Waals surface area contributed by atoms with Crippen molar-refractivity contribution >= 4 is 11.6 Å². The lowest BCUT2D eigenvalue weighted by Gasteiger charge is -2.60. The summed E-state index contributed by atoms with van der Waals surface area (Å²) in [6, 6.07) is 21.6. The van der Waals surface area contributed by atoms with Crippen LogP contribution in [0, 0.1) is 29.5 Å². The van der Waals surface area contributed by atoms with Crippen LogP contribution in [-0.4, -0.2) is 65.0 Å². The molecule has 1 amide bonds. The zero-order valence-corrected chi connectivity index (χ0v) is 36.2. The molecule has 6 unspecified atom stereocenters. The van der Waals surface area contributed by atoms with E-state index in [4.69, 9.17) is 24.2 Å². The Morgan fingerprint density at radius 2 is 1.65 bits per heavy atom. The highest BCUT2D eigenvalue weighted by Gasteiger charge is 2.65. The number of carbonyl (C=O) groups excluding carboxylic acids is 1. The van der Waals surface area contributed by atoms with Gasteiger partial charge in [0.2, 0.25) is 11.7 Å². The molecule has 4 aliphatic rings. The van der Waals surface area contributed by atoms with Crippen molar-refractivity contribution in [3.8, 4) is 11.5 Å². The molecule has 6 atom stereocenters. The molecular weight excluding hydrogens is 784 g/mol. The minimum absolute atomic E-state index is 0.0129. The van der Waals surface area contributed by atoms with Crippen molar-refractivity contribution in [3.63, 3.8) is 0 Å². The highest BCUT2D eigenvalue weighted by atomic mass is 19.1. The largest absolute Gasteiger partial charge is 0.490 e. The number of hydrogen-bond acceptors (Lipinski definition) is 8. The summed E-state index contributed by atoms with van der Waals surface area (Å²) in [6.07, 6.45) is 16.6. The van der Waals surface area contributed by atoms with Gasteiger partial charge < -0.3 is 34.2 Å². The molecule has 0 saturated heterocycles. The standard InChI is InChI=1S/C52H65FN2O7/c1-3-30-59-42-25-26-47-45(33-42)50-43(19-11-13-29-57)40(18-10-12-28-56)32-44-46(54-61-36-39-16-6-5-7-17-39)34-48(52(62-47,51(44)50)60-31-4-2)55(35-38-20-23-41(53)24-21-38)49(58)27-22-37-14-8-9-15-37/h3-7,16-17,20-21,23-26,32-33,37,40,43,48,50-51,56-57H,1-2,8-15,18-19,22,27-31,34-36H2. The van der Waals surface area contributed by atoms with E-state index in [1.54, 1.807) is 24.3 Å². The molecule has 1 heterocycles. The second-order valence-electron chi connectivity index (χ2n) is 17.5. The van der Waals surface area contributed by atoms with Gasteiger partial charge in [-0.05, 0) is 96.9 Å². The fourth-order valence-corrected chi connectivity index (χ4v) is 10.6. The molecule has 7 rings (SSSR count). The third kappa shape index (κ3) is 10.5. The number of unbranched alkanes of at least 4 members (excludes halogenated alkanes) is 2. The van der Waals surface area contributed by atoms with Gasteiger partial charge in [-0.2, -0.15) is 0 Å². The first-order chi connectivity index (χ1) is 30.4. The fourth-order valence-electron chi connectivity index (χ4n) is 10.6. The van der Waals surface area contributed by atoms with Crippen molar-refractivity contribution in [2.45, 2.75) is 114 Å². The van der Waals surface area contributed by atoms with Crippen LogP contribution >= 0.6 is 0 Å². The molecule has 0 aromatic heterocycles. The predicted molar refractivity (Wildman–Crippen MR) is 240 cm³/mol. The lowest BCUT2D eigenvalue weighted by atomic mass is 9.55. The van der Waals surface area contributed by atoms with Gasteiger partial charge in [0.25, 0.3) is 0 Å². The Bertz CT molecular complexity index is 2000. The van der Waals surface area contributed by atoms with Crippen LogP contribution in [0.5, 0.6) is 11.5 Å². The first-order valence-corrected chi connectivity index (χ1v) is 22.9. The summed E-state index contributed by atoms with van der Waals surface area (Å²) < 4.78 is 35.1. The van der Waals surface area contributed by atoms with Crippen molar-refractivity contribution < 1.29 is 38.4 Å². The molecule has 2 N–H and O–H groups in total. The van der Waals surface area contributed by atoms with Crippen LogP contribution in [0.4, 0.5) is 4.39 Å². The molecule has 3 aromatic rings. The second-order valence-corrected chi connectivity index (χ2v) is 17.5. The predicted octanol–water partition coefficient (Wildman–Crippen LogP) is 10.2. The minimum Gasteiger partial charge on any atom is -0.490 e. The molecule has 2 saturated carbocycles. The number of oxime groups is 1. The maximum atomic E-state index is 15.1. The summed E-state index contributed by atoms with van der Waals surface area (Å²) in [5, 5.41) is 24.9. The first-order valence-electron chi connectivity index (χ1n) is 22.9. The normalized spacial score (nSPS) is 24.7. The Morgan fingerprint density at radius 1 is 0.903 bits per heavy atom. The maximum absolute atomic E-state index is 15.1. The number of fused-ring (bicyclic) bond motifs is 2. The number of aliphatic hydroxyl groups is 2. The van der Waals surface area contributed by atoms with Crippen LogP contribution in [0.25, 0.3) is 0 Å². The Balaban J connectivity index is 1.43. The molecule has 3 aliphatic carbocycles. The van der Waals surface area contributed by atoms with E-state index in [0.29, 0.717) is 43.3 Å².